The van der Waals surface area contributed by atoms with Crippen molar-refractivity contribution in [1.29, 1.82) is 0 Å². The lowest BCUT2D eigenvalue weighted by atomic mass is 10.1. The van der Waals surface area contributed by atoms with Crippen molar-refractivity contribution in [3.8, 4) is 0 Å². The van der Waals surface area contributed by atoms with Crippen LogP contribution < -0.4 is 5.11 Å². The van der Waals surface area contributed by atoms with Crippen molar-refractivity contribution in [2.45, 2.75) is 65.2 Å². The number of carbonyl (C=O) groups excluding carboxylic acids is 1. The van der Waals surface area contributed by atoms with Gasteiger partial charge in [-0.05, 0) is 39.0 Å². The van der Waals surface area contributed by atoms with Gasteiger partial charge in [-0.15, -0.1) is 0 Å². The fraction of sp³-hybridized carbons (Fsp3) is 0.933. The molecule has 1 fully saturated rings. The van der Waals surface area contributed by atoms with Crippen LogP contribution in [0.4, 0.5) is 0 Å². The number of likely N-dealkylation sites (tertiary alicyclic amines) is 1. The van der Waals surface area contributed by atoms with Gasteiger partial charge in [0.2, 0.25) is 0 Å². The zero-order valence-corrected chi connectivity index (χ0v) is 12.5. The van der Waals surface area contributed by atoms with Gasteiger partial charge >= 0.3 is 0 Å². The molecule has 1 saturated heterocycles. The topological polar surface area (TPSA) is 40.1 Å². The second-order valence-electron chi connectivity index (χ2n) is 5.76. The van der Waals surface area contributed by atoms with Gasteiger partial charge in [-0.1, -0.05) is 26.2 Å². The molecule has 1 aliphatic rings. The fourth-order valence-corrected chi connectivity index (χ4v) is 2.60. The number of nitrogens with zero attached hydrogens (tertiary/aromatic N) is 1. The largest absolute Gasteiger partial charge is 0.550 e. The number of hydrogen-bond acceptors (Lipinski definition) is 2. The van der Waals surface area contributed by atoms with E-state index >= 15 is 0 Å². The fourth-order valence-electron chi connectivity index (χ4n) is 2.60. The summed E-state index contributed by atoms with van der Waals surface area (Å²) in [4.78, 5) is 8.89. The van der Waals surface area contributed by atoms with Crippen LogP contribution in [0.1, 0.15) is 65.2 Å². The molecule has 0 aromatic carbocycles. The van der Waals surface area contributed by atoms with Crippen LogP contribution in [0.25, 0.3) is 0 Å². The highest BCUT2D eigenvalue weighted by atomic mass is 16.4. The van der Waals surface area contributed by atoms with Gasteiger partial charge in [0.15, 0.2) is 0 Å². The molecule has 0 spiro atoms. The first kappa shape index (κ1) is 17.4. The minimum absolute atomic E-state index is 0.972. The van der Waals surface area contributed by atoms with E-state index in [0.29, 0.717) is 0 Å². The molecule has 0 unspecified atom stereocenters. The van der Waals surface area contributed by atoms with Crippen LogP contribution >= 0.6 is 0 Å². The molecule has 0 N–H and O–H groups in total. The molecule has 0 atom stereocenters. The van der Waals surface area contributed by atoms with Gasteiger partial charge in [0, 0.05) is 5.97 Å². The molecule has 1 heterocycles. The molecule has 0 aromatic heterocycles. The molecule has 0 aliphatic carbocycles. The molecule has 0 amide bonds. The Morgan fingerprint density at radius 3 is 2.06 bits per heavy atom. The Hall–Kier alpha value is -0.570. The third-order valence-corrected chi connectivity index (χ3v) is 3.70. The van der Waals surface area contributed by atoms with Crippen LogP contribution in [0.3, 0.4) is 0 Å². The summed E-state index contributed by atoms with van der Waals surface area (Å²) in [6, 6.07) is 0. The van der Waals surface area contributed by atoms with E-state index in [-0.39, 0.29) is 0 Å². The number of quaternary nitrogens is 1. The second kappa shape index (κ2) is 10.4. The van der Waals surface area contributed by atoms with Gasteiger partial charge in [0.1, 0.15) is 0 Å². The number of carbonyl (C=O) groups is 1. The number of aliphatic carboxylic acids is 1. The molecule has 18 heavy (non-hydrogen) atoms. The molecule has 3 heteroatoms. The lowest BCUT2D eigenvalue weighted by Crippen LogP contribution is -2.48. The molecular weight excluding hydrogens is 226 g/mol. The molecule has 0 bridgehead atoms. The molecule has 0 aromatic rings. The first-order valence-corrected chi connectivity index (χ1v) is 7.51. The first-order chi connectivity index (χ1) is 8.50. The number of carboxylic acids is 1. The van der Waals surface area contributed by atoms with Gasteiger partial charge in [-0.2, -0.15) is 0 Å². The standard InChI is InChI=1S/C13H28N.C2H4O2/c1-3-4-5-6-8-11-14(2)12-9-7-10-13-14;1-2(3)4/h3-13H2,1-2H3;1H3,(H,3,4)/q+1;/p-1. The van der Waals surface area contributed by atoms with E-state index < -0.39 is 5.97 Å². The molecular formula is C15H31NO2. The average Bonchev–Trinajstić information content (AvgIpc) is 2.29. The summed E-state index contributed by atoms with van der Waals surface area (Å²) >= 11 is 0. The maximum atomic E-state index is 8.89. The third-order valence-electron chi connectivity index (χ3n) is 3.70. The molecule has 0 radical (unpaired) electrons. The Morgan fingerprint density at radius 1 is 1.06 bits per heavy atom. The second-order valence-corrected chi connectivity index (χ2v) is 5.76. The molecule has 0 saturated carbocycles. The monoisotopic (exact) mass is 257 g/mol. The smallest absolute Gasteiger partial charge is 0.0784 e. The zero-order valence-electron chi connectivity index (χ0n) is 12.5. The van der Waals surface area contributed by atoms with Crippen LogP contribution in [0.2, 0.25) is 0 Å². The van der Waals surface area contributed by atoms with Gasteiger partial charge in [-0.3, -0.25) is 0 Å². The van der Waals surface area contributed by atoms with Crippen molar-refractivity contribution in [3.05, 3.63) is 0 Å². The highest BCUT2D eigenvalue weighted by Crippen LogP contribution is 2.17. The van der Waals surface area contributed by atoms with Gasteiger partial charge < -0.3 is 14.4 Å². The van der Waals surface area contributed by atoms with Gasteiger partial charge in [-0.25, -0.2) is 0 Å². The summed E-state index contributed by atoms with van der Waals surface area (Å²) in [6.45, 7) is 7.57. The van der Waals surface area contributed by atoms with Gasteiger partial charge in [0.25, 0.3) is 0 Å². The Kier molecular flexibility index (Phi) is 10.0. The number of piperidine rings is 1. The van der Waals surface area contributed by atoms with Crippen LogP contribution in [0, 0.1) is 0 Å². The van der Waals surface area contributed by atoms with Crippen LogP contribution in [-0.2, 0) is 4.79 Å². The van der Waals surface area contributed by atoms with E-state index in [1.807, 2.05) is 0 Å². The molecule has 108 valence electrons. The molecule has 1 aliphatic heterocycles. The summed E-state index contributed by atoms with van der Waals surface area (Å²) in [5.74, 6) is -1.08. The highest BCUT2D eigenvalue weighted by Gasteiger charge is 2.23. The lowest BCUT2D eigenvalue weighted by molar-refractivity contribution is -0.914. The summed E-state index contributed by atoms with van der Waals surface area (Å²) < 4.78 is 1.37. The quantitative estimate of drug-likeness (QED) is 0.541. The minimum Gasteiger partial charge on any atom is -0.550 e. The van der Waals surface area contributed by atoms with E-state index in [2.05, 4.69) is 14.0 Å². The van der Waals surface area contributed by atoms with E-state index in [1.165, 1.54) is 75.5 Å². The van der Waals surface area contributed by atoms with Crippen molar-refractivity contribution < 1.29 is 14.4 Å². The predicted octanol–water partition coefficient (Wildman–Crippen LogP) is 2.34. The lowest BCUT2D eigenvalue weighted by Gasteiger charge is -2.37. The Bertz CT molecular complexity index is 207. The van der Waals surface area contributed by atoms with Crippen molar-refractivity contribution in [2.24, 2.45) is 0 Å². The Morgan fingerprint density at radius 2 is 1.56 bits per heavy atom. The van der Waals surface area contributed by atoms with Crippen molar-refractivity contribution in [3.63, 3.8) is 0 Å². The zero-order chi connectivity index (χ0) is 13.9. The number of unbranched alkanes of at least 4 members (excludes halogenated alkanes) is 4. The van der Waals surface area contributed by atoms with Crippen LogP contribution in [0.5, 0.6) is 0 Å². The normalized spacial score (nSPS) is 17.7. The summed E-state index contributed by atoms with van der Waals surface area (Å²) in [6.07, 6.45) is 11.6. The number of carboxylic acid groups (broad SMARTS) is 1. The summed E-state index contributed by atoms with van der Waals surface area (Å²) in [7, 11) is 2.46. The van der Waals surface area contributed by atoms with E-state index in [4.69, 9.17) is 9.90 Å². The summed E-state index contributed by atoms with van der Waals surface area (Å²) in [5, 5.41) is 8.89. The Labute approximate surface area is 113 Å². The molecule has 1 rings (SSSR count). The third kappa shape index (κ3) is 10.6. The van der Waals surface area contributed by atoms with Crippen LogP contribution in [-0.4, -0.2) is 37.1 Å². The van der Waals surface area contributed by atoms with Crippen molar-refractivity contribution >= 4 is 5.97 Å². The van der Waals surface area contributed by atoms with E-state index in [9.17, 15) is 0 Å². The molecule has 3 nitrogen and oxygen atoms in total. The first-order valence-electron chi connectivity index (χ1n) is 7.51. The van der Waals surface area contributed by atoms with Crippen molar-refractivity contribution in [1.82, 2.24) is 0 Å². The van der Waals surface area contributed by atoms with Crippen molar-refractivity contribution in [2.75, 3.05) is 26.7 Å². The highest BCUT2D eigenvalue weighted by molar-refractivity contribution is 5.60. The average molecular weight is 257 g/mol. The number of rotatable bonds is 6. The van der Waals surface area contributed by atoms with E-state index in [0.717, 1.165) is 6.92 Å². The van der Waals surface area contributed by atoms with Gasteiger partial charge in [0.05, 0.1) is 26.7 Å². The van der Waals surface area contributed by atoms with E-state index in [1.54, 1.807) is 0 Å². The minimum atomic E-state index is -1.08. The summed E-state index contributed by atoms with van der Waals surface area (Å²) in [5.41, 5.74) is 0. The van der Waals surface area contributed by atoms with Crippen LogP contribution in [0.15, 0.2) is 0 Å². The number of hydrogen-bond donors (Lipinski definition) is 0. The maximum Gasteiger partial charge on any atom is 0.0784 e. The Balaban J connectivity index is 0.000000631. The SMILES string of the molecule is CC(=O)[O-].CCCCCCC[N+]1(C)CCCCC1. The maximum absolute atomic E-state index is 8.89. The predicted molar refractivity (Wildman–Crippen MR) is 74.1 cm³/mol.